The molecule has 0 N–H and O–H groups in total. The molecule has 4 heteroatoms. The number of rotatable bonds is 4. The van der Waals surface area contributed by atoms with E-state index in [0.717, 1.165) is 13.0 Å². The topological polar surface area (TPSA) is 53.7 Å². The minimum atomic E-state index is 0.558. The SMILES string of the molecule is Cc1ccc2c(ccn2CCCN=[N+]=[N-])c1. The number of hydrogen-bond acceptors (Lipinski definition) is 1. The number of benzene rings is 1. The molecule has 0 unspecified atom stereocenters. The van der Waals surface area contributed by atoms with Gasteiger partial charge in [-0.25, -0.2) is 0 Å². The highest BCUT2D eigenvalue weighted by atomic mass is 15.1. The number of aromatic nitrogens is 1. The van der Waals surface area contributed by atoms with Crippen molar-refractivity contribution in [1.82, 2.24) is 4.57 Å². The minimum Gasteiger partial charge on any atom is -0.347 e. The van der Waals surface area contributed by atoms with Crippen molar-refractivity contribution in [1.29, 1.82) is 0 Å². The van der Waals surface area contributed by atoms with Crippen molar-refractivity contribution in [2.75, 3.05) is 6.54 Å². The van der Waals surface area contributed by atoms with Gasteiger partial charge in [-0.1, -0.05) is 16.7 Å². The van der Waals surface area contributed by atoms with Crippen LogP contribution in [0.4, 0.5) is 0 Å². The molecule has 1 aromatic heterocycles. The highest BCUT2D eigenvalue weighted by molar-refractivity contribution is 5.80. The Labute approximate surface area is 94.1 Å². The molecule has 2 rings (SSSR count). The van der Waals surface area contributed by atoms with Gasteiger partial charge in [0, 0.05) is 29.7 Å². The Morgan fingerprint density at radius 3 is 3.06 bits per heavy atom. The Morgan fingerprint density at radius 1 is 1.38 bits per heavy atom. The second-order valence-corrected chi connectivity index (χ2v) is 3.88. The van der Waals surface area contributed by atoms with Gasteiger partial charge in [0.25, 0.3) is 0 Å². The van der Waals surface area contributed by atoms with Crippen LogP contribution in [0.25, 0.3) is 21.3 Å². The van der Waals surface area contributed by atoms with E-state index in [1.54, 1.807) is 0 Å². The van der Waals surface area contributed by atoms with Crippen LogP contribution in [0, 0.1) is 6.92 Å². The summed E-state index contributed by atoms with van der Waals surface area (Å²) >= 11 is 0. The van der Waals surface area contributed by atoms with Crippen molar-refractivity contribution in [3.63, 3.8) is 0 Å². The lowest BCUT2D eigenvalue weighted by Gasteiger charge is -2.03. The Morgan fingerprint density at radius 2 is 2.25 bits per heavy atom. The lowest BCUT2D eigenvalue weighted by molar-refractivity contribution is 0.669. The fraction of sp³-hybridized carbons (Fsp3) is 0.333. The lowest BCUT2D eigenvalue weighted by atomic mass is 10.2. The van der Waals surface area contributed by atoms with Gasteiger partial charge in [0.1, 0.15) is 0 Å². The number of aryl methyl sites for hydroxylation is 2. The van der Waals surface area contributed by atoms with Crippen molar-refractivity contribution in [3.05, 3.63) is 46.5 Å². The van der Waals surface area contributed by atoms with Gasteiger partial charge >= 0.3 is 0 Å². The van der Waals surface area contributed by atoms with Crippen LogP contribution >= 0.6 is 0 Å². The number of azide groups is 1. The molecule has 16 heavy (non-hydrogen) atoms. The van der Waals surface area contributed by atoms with Crippen molar-refractivity contribution in [3.8, 4) is 0 Å². The summed E-state index contributed by atoms with van der Waals surface area (Å²) in [7, 11) is 0. The molecule has 0 aliphatic carbocycles. The molecule has 1 heterocycles. The molecule has 0 spiro atoms. The van der Waals surface area contributed by atoms with Crippen LogP contribution in [-0.2, 0) is 6.54 Å². The van der Waals surface area contributed by atoms with Crippen molar-refractivity contribution >= 4 is 10.9 Å². The first-order valence-electron chi connectivity index (χ1n) is 5.37. The molecule has 82 valence electrons. The van der Waals surface area contributed by atoms with Crippen molar-refractivity contribution in [2.24, 2.45) is 5.11 Å². The number of hydrogen-bond donors (Lipinski definition) is 0. The van der Waals surface area contributed by atoms with Gasteiger partial charge in [0.05, 0.1) is 0 Å². The molecule has 1 aromatic carbocycles. The fourth-order valence-corrected chi connectivity index (χ4v) is 1.87. The van der Waals surface area contributed by atoms with E-state index in [4.69, 9.17) is 5.53 Å². The van der Waals surface area contributed by atoms with E-state index in [1.807, 2.05) is 0 Å². The summed E-state index contributed by atoms with van der Waals surface area (Å²) in [6.45, 7) is 3.55. The van der Waals surface area contributed by atoms with Crippen LogP contribution in [0.1, 0.15) is 12.0 Å². The third-order valence-corrected chi connectivity index (χ3v) is 2.65. The molecule has 0 atom stereocenters. The first kappa shape index (κ1) is 10.6. The molecule has 0 fully saturated rings. The highest BCUT2D eigenvalue weighted by Crippen LogP contribution is 2.17. The van der Waals surface area contributed by atoms with E-state index in [1.165, 1.54) is 16.5 Å². The van der Waals surface area contributed by atoms with E-state index in [2.05, 4.69) is 52.0 Å². The van der Waals surface area contributed by atoms with Crippen LogP contribution in [-0.4, -0.2) is 11.1 Å². The molecule has 0 aliphatic heterocycles. The van der Waals surface area contributed by atoms with Gasteiger partial charge in [0.2, 0.25) is 0 Å². The summed E-state index contributed by atoms with van der Waals surface area (Å²) < 4.78 is 2.20. The maximum atomic E-state index is 8.18. The molecule has 0 saturated carbocycles. The van der Waals surface area contributed by atoms with Gasteiger partial charge in [0.15, 0.2) is 0 Å². The first-order valence-corrected chi connectivity index (χ1v) is 5.37. The molecular weight excluding hydrogens is 200 g/mol. The summed E-state index contributed by atoms with van der Waals surface area (Å²) in [6, 6.07) is 8.56. The molecule has 0 saturated heterocycles. The lowest BCUT2D eigenvalue weighted by Crippen LogP contribution is -1.97. The average Bonchev–Trinajstić information content (AvgIpc) is 2.67. The zero-order valence-corrected chi connectivity index (χ0v) is 9.30. The second kappa shape index (κ2) is 4.73. The number of nitrogens with zero attached hydrogens (tertiary/aromatic N) is 4. The summed E-state index contributed by atoms with van der Waals surface area (Å²) in [6.07, 6.45) is 2.96. The number of fused-ring (bicyclic) bond motifs is 1. The Hall–Kier alpha value is -1.93. The molecular formula is C12H14N4. The van der Waals surface area contributed by atoms with Gasteiger partial charge in [-0.2, -0.15) is 0 Å². The van der Waals surface area contributed by atoms with E-state index in [0.29, 0.717) is 6.54 Å². The summed E-state index contributed by atoms with van der Waals surface area (Å²) in [4.78, 5) is 2.74. The summed E-state index contributed by atoms with van der Waals surface area (Å²) in [5.74, 6) is 0. The minimum absolute atomic E-state index is 0.558. The molecule has 0 amide bonds. The predicted octanol–water partition coefficient (Wildman–Crippen LogP) is 3.65. The monoisotopic (exact) mass is 214 g/mol. The third-order valence-electron chi connectivity index (χ3n) is 2.65. The maximum Gasteiger partial charge on any atom is 0.0480 e. The summed E-state index contributed by atoms with van der Waals surface area (Å²) in [5.41, 5.74) is 10.7. The Bertz CT molecular complexity index is 535. The average molecular weight is 214 g/mol. The van der Waals surface area contributed by atoms with E-state index < -0.39 is 0 Å². The quantitative estimate of drug-likeness (QED) is 0.323. The highest BCUT2D eigenvalue weighted by Gasteiger charge is 1.99. The van der Waals surface area contributed by atoms with Gasteiger partial charge in [-0.3, -0.25) is 0 Å². The van der Waals surface area contributed by atoms with Crippen molar-refractivity contribution < 1.29 is 0 Å². The largest absolute Gasteiger partial charge is 0.347 e. The third kappa shape index (κ3) is 2.18. The molecule has 4 nitrogen and oxygen atoms in total. The summed E-state index contributed by atoms with van der Waals surface area (Å²) in [5, 5.41) is 4.80. The van der Waals surface area contributed by atoms with Crippen molar-refractivity contribution in [2.45, 2.75) is 19.9 Å². The van der Waals surface area contributed by atoms with Gasteiger partial charge in [-0.15, -0.1) is 0 Å². The normalized spacial score (nSPS) is 10.3. The smallest absolute Gasteiger partial charge is 0.0480 e. The Kier molecular flexibility index (Phi) is 3.13. The molecule has 0 aliphatic rings. The van der Waals surface area contributed by atoms with Gasteiger partial charge in [-0.05, 0) is 42.5 Å². The molecule has 0 radical (unpaired) electrons. The molecule has 0 bridgehead atoms. The Balaban J connectivity index is 2.15. The van der Waals surface area contributed by atoms with Crippen LogP contribution < -0.4 is 0 Å². The van der Waals surface area contributed by atoms with Gasteiger partial charge < -0.3 is 4.57 Å². The zero-order chi connectivity index (χ0) is 11.4. The van der Waals surface area contributed by atoms with Crippen LogP contribution in [0.3, 0.4) is 0 Å². The van der Waals surface area contributed by atoms with E-state index >= 15 is 0 Å². The van der Waals surface area contributed by atoms with E-state index in [9.17, 15) is 0 Å². The van der Waals surface area contributed by atoms with Crippen LogP contribution in [0.5, 0.6) is 0 Å². The van der Waals surface area contributed by atoms with Crippen LogP contribution in [0.2, 0.25) is 0 Å². The standard InChI is InChI=1S/C12H14N4/c1-10-3-4-12-11(9-10)5-8-16(12)7-2-6-14-15-13/h3-5,8-9H,2,6-7H2,1H3. The molecule has 2 aromatic rings. The second-order valence-electron chi connectivity index (χ2n) is 3.88. The van der Waals surface area contributed by atoms with Crippen LogP contribution in [0.15, 0.2) is 35.6 Å². The maximum absolute atomic E-state index is 8.18. The first-order chi connectivity index (χ1) is 7.81. The fourth-order valence-electron chi connectivity index (χ4n) is 1.87. The zero-order valence-electron chi connectivity index (χ0n) is 9.30. The van der Waals surface area contributed by atoms with E-state index in [-0.39, 0.29) is 0 Å². The predicted molar refractivity (Wildman–Crippen MR) is 65.3 cm³/mol.